The maximum atomic E-state index is 11.4. The highest BCUT2D eigenvalue weighted by molar-refractivity contribution is 7.88. The molecule has 0 saturated carbocycles. The number of aromatic nitrogens is 2. The van der Waals surface area contributed by atoms with Crippen molar-refractivity contribution in [2.24, 2.45) is 0 Å². The molecule has 0 radical (unpaired) electrons. The summed E-state index contributed by atoms with van der Waals surface area (Å²) >= 11 is 0. The molecule has 2 aliphatic rings. The number of sulfonamides is 1. The van der Waals surface area contributed by atoms with Crippen molar-refractivity contribution in [2.75, 3.05) is 44.6 Å². The molecule has 1 aromatic heterocycles. The van der Waals surface area contributed by atoms with Crippen molar-refractivity contribution < 1.29 is 17.9 Å². The van der Waals surface area contributed by atoms with Gasteiger partial charge in [-0.05, 0) is 19.3 Å². The second kappa shape index (κ2) is 7.94. The number of anilines is 1. The van der Waals surface area contributed by atoms with Crippen molar-refractivity contribution in [1.82, 2.24) is 14.7 Å². The molecule has 2 aliphatic heterocycles. The van der Waals surface area contributed by atoms with E-state index in [-0.39, 0.29) is 6.04 Å². The Bertz CT molecular complexity index is 683. The summed E-state index contributed by atoms with van der Waals surface area (Å²) < 4.78 is 36.2. The van der Waals surface area contributed by atoms with Gasteiger partial charge in [-0.25, -0.2) is 23.1 Å². The first-order chi connectivity index (χ1) is 11.9. The quantitative estimate of drug-likeness (QED) is 0.785. The van der Waals surface area contributed by atoms with Crippen LogP contribution in [0.5, 0.6) is 0 Å². The molecule has 1 aromatic rings. The molecule has 0 bridgehead atoms. The van der Waals surface area contributed by atoms with E-state index < -0.39 is 10.0 Å². The Labute approximate surface area is 149 Å². The van der Waals surface area contributed by atoms with Crippen molar-refractivity contribution in [3.8, 4) is 0 Å². The molecule has 1 atom stereocenters. The molecule has 2 fully saturated rings. The third-order valence-electron chi connectivity index (χ3n) is 4.60. The third-order valence-corrected chi connectivity index (χ3v) is 5.36. The van der Waals surface area contributed by atoms with E-state index in [0.29, 0.717) is 25.0 Å². The van der Waals surface area contributed by atoms with Crippen LogP contribution in [0, 0.1) is 0 Å². The highest BCUT2D eigenvalue weighted by Crippen LogP contribution is 2.27. The summed E-state index contributed by atoms with van der Waals surface area (Å²) in [7, 11) is -1.53. The van der Waals surface area contributed by atoms with Crippen LogP contribution in [0.25, 0.3) is 0 Å². The molecule has 2 saturated heterocycles. The first kappa shape index (κ1) is 18.5. The number of ether oxygens (including phenoxy) is 2. The van der Waals surface area contributed by atoms with Crippen LogP contribution < -0.4 is 9.62 Å². The summed E-state index contributed by atoms with van der Waals surface area (Å²) in [6.45, 7) is 3.37. The molecule has 0 aromatic carbocycles. The van der Waals surface area contributed by atoms with Gasteiger partial charge in [0.2, 0.25) is 10.0 Å². The maximum Gasteiger partial charge on any atom is 0.208 e. The second-order valence-electron chi connectivity index (χ2n) is 6.71. The lowest BCUT2D eigenvalue weighted by Crippen LogP contribution is -2.44. The molecular weight excluding hydrogens is 344 g/mol. The van der Waals surface area contributed by atoms with Gasteiger partial charge in [-0.15, -0.1) is 0 Å². The largest absolute Gasteiger partial charge is 0.381 e. The summed E-state index contributed by atoms with van der Waals surface area (Å²) in [4.78, 5) is 11.5. The highest BCUT2D eigenvalue weighted by Gasteiger charge is 2.25. The van der Waals surface area contributed by atoms with Gasteiger partial charge in [0, 0.05) is 44.8 Å². The summed E-state index contributed by atoms with van der Waals surface area (Å²) in [5.41, 5.74) is 1.01. The molecule has 3 rings (SSSR count). The number of hydrogen-bond acceptors (Lipinski definition) is 7. The standard InChI is InChI=1S/C16H26N4O4S/c1-23-11-15-17-14(12-5-8-24-10-12)9-16(18-15)20-6-3-13(4-7-20)19-25(2,21)22/h9,12-13,19H,3-8,10-11H2,1-2H3/t12-/m0/s1. The fraction of sp³-hybridized carbons (Fsp3) is 0.750. The number of hydrogen-bond donors (Lipinski definition) is 1. The molecule has 0 amide bonds. The number of piperidine rings is 1. The zero-order valence-electron chi connectivity index (χ0n) is 14.8. The van der Waals surface area contributed by atoms with Crippen LogP contribution in [0.3, 0.4) is 0 Å². The number of nitrogens with one attached hydrogen (secondary N) is 1. The van der Waals surface area contributed by atoms with Crippen molar-refractivity contribution in [3.63, 3.8) is 0 Å². The molecule has 140 valence electrons. The first-order valence-electron chi connectivity index (χ1n) is 8.61. The van der Waals surface area contributed by atoms with Crippen LogP contribution in [0.1, 0.15) is 36.7 Å². The molecule has 9 heteroatoms. The van der Waals surface area contributed by atoms with Gasteiger partial charge in [-0.1, -0.05) is 0 Å². The van der Waals surface area contributed by atoms with Gasteiger partial charge in [-0.2, -0.15) is 0 Å². The van der Waals surface area contributed by atoms with E-state index in [4.69, 9.17) is 9.47 Å². The number of methoxy groups -OCH3 is 1. The van der Waals surface area contributed by atoms with Crippen molar-refractivity contribution in [1.29, 1.82) is 0 Å². The normalized spacial score (nSPS) is 22.5. The zero-order chi connectivity index (χ0) is 17.9. The minimum atomic E-state index is -3.16. The number of rotatable bonds is 6. The van der Waals surface area contributed by atoms with E-state index in [1.807, 2.05) is 6.07 Å². The Morgan fingerprint density at radius 2 is 2.08 bits per heavy atom. The molecular formula is C16H26N4O4S. The average molecular weight is 370 g/mol. The van der Waals surface area contributed by atoms with Crippen LogP contribution in [-0.2, 0) is 26.1 Å². The zero-order valence-corrected chi connectivity index (χ0v) is 15.6. The minimum absolute atomic E-state index is 0.00534. The molecule has 0 aliphatic carbocycles. The van der Waals surface area contributed by atoms with E-state index in [0.717, 1.165) is 50.5 Å². The lowest BCUT2D eigenvalue weighted by molar-refractivity contribution is 0.177. The summed E-state index contributed by atoms with van der Waals surface area (Å²) in [6.07, 6.45) is 3.71. The third kappa shape index (κ3) is 5.10. The fourth-order valence-electron chi connectivity index (χ4n) is 3.36. The topological polar surface area (TPSA) is 93.7 Å². The molecule has 3 heterocycles. The van der Waals surface area contributed by atoms with Crippen LogP contribution in [0.4, 0.5) is 5.82 Å². The highest BCUT2D eigenvalue weighted by atomic mass is 32.2. The molecule has 0 unspecified atom stereocenters. The Hall–Kier alpha value is -1.29. The van der Waals surface area contributed by atoms with Gasteiger partial charge in [0.1, 0.15) is 12.4 Å². The van der Waals surface area contributed by atoms with Gasteiger partial charge in [-0.3, -0.25) is 0 Å². The van der Waals surface area contributed by atoms with Gasteiger partial charge >= 0.3 is 0 Å². The van der Waals surface area contributed by atoms with E-state index in [1.54, 1.807) is 7.11 Å². The SMILES string of the molecule is COCc1nc([C@H]2CCOC2)cc(N2CCC(NS(C)(=O)=O)CC2)n1. The van der Waals surface area contributed by atoms with Crippen molar-refractivity contribution in [2.45, 2.75) is 37.8 Å². The fourth-order valence-corrected chi connectivity index (χ4v) is 4.21. The predicted molar refractivity (Wildman–Crippen MR) is 94.1 cm³/mol. The Morgan fingerprint density at radius 1 is 1.32 bits per heavy atom. The lowest BCUT2D eigenvalue weighted by Gasteiger charge is -2.33. The van der Waals surface area contributed by atoms with Gasteiger partial charge in [0.15, 0.2) is 5.82 Å². The maximum absolute atomic E-state index is 11.4. The van der Waals surface area contributed by atoms with E-state index in [1.165, 1.54) is 6.26 Å². The predicted octanol–water partition coefficient (Wildman–Crippen LogP) is 0.645. The van der Waals surface area contributed by atoms with Crippen LogP contribution >= 0.6 is 0 Å². The number of nitrogens with zero attached hydrogens (tertiary/aromatic N) is 3. The minimum Gasteiger partial charge on any atom is -0.381 e. The summed E-state index contributed by atoms with van der Waals surface area (Å²) in [5, 5.41) is 0. The smallest absolute Gasteiger partial charge is 0.208 e. The summed E-state index contributed by atoms with van der Waals surface area (Å²) in [5.74, 6) is 1.88. The second-order valence-corrected chi connectivity index (χ2v) is 8.49. The van der Waals surface area contributed by atoms with E-state index in [2.05, 4.69) is 19.6 Å². The van der Waals surface area contributed by atoms with Crippen LogP contribution in [-0.4, -0.2) is 64.1 Å². The molecule has 0 spiro atoms. The monoisotopic (exact) mass is 370 g/mol. The van der Waals surface area contributed by atoms with Gasteiger partial charge in [0.05, 0.1) is 18.6 Å². The average Bonchev–Trinajstić information content (AvgIpc) is 3.08. The van der Waals surface area contributed by atoms with Crippen molar-refractivity contribution in [3.05, 3.63) is 17.6 Å². The van der Waals surface area contributed by atoms with E-state index >= 15 is 0 Å². The Kier molecular flexibility index (Phi) is 5.88. The Morgan fingerprint density at radius 3 is 2.68 bits per heavy atom. The molecule has 25 heavy (non-hydrogen) atoms. The Balaban J connectivity index is 1.73. The first-order valence-corrected chi connectivity index (χ1v) is 10.5. The molecule has 8 nitrogen and oxygen atoms in total. The van der Waals surface area contributed by atoms with Gasteiger partial charge < -0.3 is 14.4 Å². The van der Waals surface area contributed by atoms with Crippen LogP contribution in [0.2, 0.25) is 0 Å². The van der Waals surface area contributed by atoms with Gasteiger partial charge in [0.25, 0.3) is 0 Å². The summed E-state index contributed by atoms with van der Waals surface area (Å²) in [6, 6.07) is 2.04. The molecule has 1 N–H and O–H groups in total. The van der Waals surface area contributed by atoms with E-state index in [9.17, 15) is 8.42 Å². The van der Waals surface area contributed by atoms with Crippen molar-refractivity contribution >= 4 is 15.8 Å². The lowest BCUT2D eigenvalue weighted by atomic mass is 10.0. The van der Waals surface area contributed by atoms with Crippen LogP contribution in [0.15, 0.2) is 6.07 Å².